The van der Waals surface area contributed by atoms with Crippen LogP contribution in [0.25, 0.3) is 0 Å². The first-order valence-corrected chi connectivity index (χ1v) is 8.33. The number of likely N-dealkylation sites (N-methyl/N-ethyl adjacent to an activating group) is 1. The smallest absolute Gasteiger partial charge is 0.246 e. The van der Waals surface area contributed by atoms with Crippen LogP contribution in [0.4, 0.5) is 0 Å². The Morgan fingerprint density at radius 1 is 1.43 bits per heavy atom. The van der Waals surface area contributed by atoms with Crippen molar-refractivity contribution in [2.75, 3.05) is 27.4 Å². The maximum Gasteiger partial charge on any atom is 0.246 e. The fraction of sp³-hybridized carbons (Fsp3) is 0.769. The Balaban J connectivity index is 3.17. The molecule has 122 valence electrons. The van der Waals surface area contributed by atoms with Crippen LogP contribution in [-0.2, 0) is 21.3 Å². The average molecular weight is 319 g/mol. The van der Waals surface area contributed by atoms with E-state index in [0.29, 0.717) is 31.0 Å². The van der Waals surface area contributed by atoms with Crippen LogP contribution in [0.1, 0.15) is 24.7 Å². The monoisotopic (exact) mass is 319 g/mol. The summed E-state index contributed by atoms with van der Waals surface area (Å²) in [5.41, 5.74) is 1.07. The molecule has 21 heavy (non-hydrogen) atoms. The van der Waals surface area contributed by atoms with E-state index in [9.17, 15) is 8.42 Å². The molecular formula is C13H25N3O4S. The molecule has 1 aromatic heterocycles. The van der Waals surface area contributed by atoms with Gasteiger partial charge < -0.3 is 9.84 Å². The van der Waals surface area contributed by atoms with E-state index in [2.05, 4.69) is 5.10 Å². The molecular weight excluding hydrogens is 294 g/mol. The number of hydrogen-bond acceptors (Lipinski definition) is 5. The van der Waals surface area contributed by atoms with Crippen LogP contribution < -0.4 is 0 Å². The van der Waals surface area contributed by atoms with Crippen LogP contribution in [0, 0.1) is 13.8 Å². The van der Waals surface area contributed by atoms with Gasteiger partial charge in [-0.1, -0.05) is 0 Å². The summed E-state index contributed by atoms with van der Waals surface area (Å²) in [7, 11) is -0.532. The van der Waals surface area contributed by atoms with E-state index >= 15 is 0 Å². The number of ether oxygens (including phenoxy) is 1. The predicted octanol–water partition coefficient (Wildman–Crippen LogP) is 0.538. The van der Waals surface area contributed by atoms with Crippen LogP contribution in [0.2, 0.25) is 0 Å². The molecule has 1 rings (SSSR count). The topological polar surface area (TPSA) is 84.7 Å². The van der Waals surface area contributed by atoms with E-state index in [0.717, 1.165) is 0 Å². The number of aliphatic hydroxyl groups is 1. The Bertz CT molecular complexity index is 568. The van der Waals surface area contributed by atoms with E-state index in [-0.39, 0.29) is 17.5 Å². The highest BCUT2D eigenvalue weighted by Crippen LogP contribution is 2.24. The number of rotatable bonds is 8. The maximum atomic E-state index is 12.7. The molecule has 0 spiro atoms. The van der Waals surface area contributed by atoms with Crippen LogP contribution in [0.15, 0.2) is 4.90 Å². The fourth-order valence-electron chi connectivity index (χ4n) is 2.22. The van der Waals surface area contributed by atoms with Gasteiger partial charge in [0.2, 0.25) is 10.0 Å². The lowest BCUT2D eigenvalue weighted by atomic mass is 10.4. The van der Waals surface area contributed by atoms with Gasteiger partial charge in [0.05, 0.1) is 18.0 Å². The molecule has 0 saturated heterocycles. The zero-order chi connectivity index (χ0) is 16.2. The summed E-state index contributed by atoms with van der Waals surface area (Å²) in [5, 5.41) is 13.2. The molecule has 0 amide bonds. The second kappa shape index (κ2) is 7.35. The summed E-state index contributed by atoms with van der Waals surface area (Å²) in [4.78, 5) is 0.242. The Hall–Kier alpha value is -0.960. The minimum atomic E-state index is -3.62. The second-order valence-corrected chi connectivity index (χ2v) is 7.06. The van der Waals surface area contributed by atoms with E-state index < -0.39 is 10.0 Å². The normalized spacial score (nSPS) is 13.9. The highest BCUT2D eigenvalue weighted by atomic mass is 32.2. The SMILES string of the molecule is COCC(C)N(C)S(=O)(=O)c1c(C)nn(CCCO)c1C. The van der Waals surface area contributed by atoms with Crippen LogP contribution in [-0.4, -0.2) is 61.0 Å². The fourth-order valence-corrected chi connectivity index (χ4v) is 3.93. The summed E-state index contributed by atoms with van der Waals surface area (Å²) in [5.74, 6) is 0. The average Bonchev–Trinajstić information content (AvgIpc) is 2.70. The van der Waals surface area contributed by atoms with E-state index in [1.807, 2.05) is 0 Å². The first-order valence-electron chi connectivity index (χ1n) is 6.89. The Morgan fingerprint density at radius 2 is 2.05 bits per heavy atom. The van der Waals surface area contributed by atoms with Gasteiger partial charge in [0.1, 0.15) is 4.90 Å². The van der Waals surface area contributed by atoms with Crippen molar-refractivity contribution in [3.63, 3.8) is 0 Å². The van der Waals surface area contributed by atoms with E-state index in [1.54, 1.807) is 39.6 Å². The minimum absolute atomic E-state index is 0.0468. The van der Waals surface area contributed by atoms with Gasteiger partial charge in [0, 0.05) is 33.4 Å². The van der Waals surface area contributed by atoms with Crippen molar-refractivity contribution in [2.45, 2.75) is 44.7 Å². The number of sulfonamides is 1. The van der Waals surface area contributed by atoms with Crippen molar-refractivity contribution >= 4 is 10.0 Å². The molecule has 1 heterocycles. The number of aliphatic hydroxyl groups excluding tert-OH is 1. The quantitative estimate of drug-likeness (QED) is 0.756. The minimum Gasteiger partial charge on any atom is -0.396 e. The zero-order valence-corrected chi connectivity index (χ0v) is 14.1. The van der Waals surface area contributed by atoms with Gasteiger partial charge >= 0.3 is 0 Å². The largest absolute Gasteiger partial charge is 0.396 e. The van der Waals surface area contributed by atoms with Gasteiger partial charge in [-0.2, -0.15) is 9.40 Å². The van der Waals surface area contributed by atoms with Crippen LogP contribution >= 0.6 is 0 Å². The van der Waals surface area contributed by atoms with Gasteiger partial charge in [-0.05, 0) is 27.2 Å². The molecule has 1 aromatic rings. The Kier molecular flexibility index (Phi) is 6.33. The van der Waals surface area contributed by atoms with Crippen molar-refractivity contribution in [1.29, 1.82) is 0 Å². The summed E-state index contributed by atoms with van der Waals surface area (Å²) in [6.45, 7) is 6.08. The third kappa shape index (κ3) is 3.82. The molecule has 0 aliphatic rings. The molecule has 1 N–H and O–H groups in total. The van der Waals surface area contributed by atoms with Crippen molar-refractivity contribution in [2.24, 2.45) is 0 Å². The van der Waals surface area contributed by atoms with Crippen molar-refractivity contribution in [3.05, 3.63) is 11.4 Å². The number of aromatic nitrogens is 2. The summed E-state index contributed by atoms with van der Waals surface area (Å²) in [6, 6.07) is -0.264. The zero-order valence-electron chi connectivity index (χ0n) is 13.3. The number of aryl methyl sites for hydroxylation is 2. The molecule has 1 atom stereocenters. The third-order valence-electron chi connectivity index (χ3n) is 3.51. The first kappa shape index (κ1) is 18.1. The van der Waals surface area contributed by atoms with Gasteiger partial charge in [-0.3, -0.25) is 4.68 Å². The standard InChI is InChI=1S/C13H25N3O4S/c1-10(9-20-5)15(4)21(18,19)13-11(2)14-16(12(13)3)7-6-8-17/h10,17H,6-9H2,1-5H3. The lowest BCUT2D eigenvalue weighted by Crippen LogP contribution is -2.38. The molecule has 0 aliphatic carbocycles. The number of nitrogens with zero attached hydrogens (tertiary/aromatic N) is 3. The first-order chi connectivity index (χ1) is 9.77. The third-order valence-corrected chi connectivity index (χ3v) is 5.73. The molecule has 0 aromatic carbocycles. The van der Waals surface area contributed by atoms with Crippen LogP contribution in [0.5, 0.6) is 0 Å². The molecule has 0 aliphatic heterocycles. The highest BCUT2D eigenvalue weighted by Gasteiger charge is 2.31. The van der Waals surface area contributed by atoms with Crippen molar-refractivity contribution in [1.82, 2.24) is 14.1 Å². The lowest BCUT2D eigenvalue weighted by Gasteiger charge is -2.23. The van der Waals surface area contributed by atoms with Crippen molar-refractivity contribution < 1.29 is 18.3 Å². The molecule has 0 fully saturated rings. The summed E-state index contributed by atoms with van der Waals surface area (Å²) < 4.78 is 33.5. The van der Waals surface area contributed by atoms with Crippen LogP contribution in [0.3, 0.4) is 0 Å². The van der Waals surface area contributed by atoms with E-state index in [1.165, 1.54) is 4.31 Å². The summed E-state index contributed by atoms with van der Waals surface area (Å²) >= 11 is 0. The molecule has 0 bridgehead atoms. The van der Waals surface area contributed by atoms with Gasteiger partial charge in [0.25, 0.3) is 0 Å². The summed E-state index contributed by atoms with van der Waals surface area (Å²) in [6.07, 6.45) is 0.539. The molecule has 7 nitrogen and oxygen atoms in total. The Morgan fingerprint density at radius 3 is 2.57 bits per heavy atom. The highest BCUT2D eigenvalue weighted by molar-refractivity contribution is 7.89. The maximum absolute atomic E-state index is 12.7. The molecule has 8 heteroatoms. The van der Waals surface area contributed by atoms with Gasteiger partial charge in [-0.25, -0.2) is 8.42 Å². The van der Waals surface area contributed by atoms with Gasteiger partial charge in [-0.15, -0.1) is 0 Å². The number of methoxy groups -OCH3 is 1. The molecule has 0 radical (unpaired) electrons. The van der Waals surface area contributed by atoms with Gasteiger partial charge in [0.15, 0.2) is 0 Å². The molecule has 1 unspecified atom stereocenters. The number of hydrogen-bond donors (Lipinski definition) is 1. The van der Waals surface area contributed by atoms with E-state index in [4.69, 9.17) is 9.84 Å². The Labute approximate surface area is 126 Å². The predicted molar refractivity (Wildman–Crippen MR) is 79.7 cm³/mol. The second-order valence-electron chi connectivity index (χ2n) is 5.13. The van der Waals surface area contributed by atoms with Crippen molar-refractivity contribution in [3.8, 4) is 0 Å². The molecule has 0 saturated carbocycles. The lowest BCUT2D eigenvalue weighted by molar-refractivity contribution is 0.149.